The van der Waals surface area contributed by atoms with Gasteiger partial charge in [-0.3, -0.25) is 9.69 Å². The van der Waals surface area contributed by atoms with Crippen molar-refractivity contribution in [2.24, 2.45) is 5.92 Å². The Hall–Kier alpha value is -2.19. The third kappa shape index (κ3) is 3.13. The first kappa shape index (κ1) is 15.7. The summed E-state index contributed by atoms with van der Waals surface area (Å²) in [7, 11) is 0. The third-order valence-corrected chi connectivity index (χ3v) is 4.80. The van der Waals surface area contributed by atoms with Crippen molar-refractivity contribution in [3.63, 3.8) is 0 Å². The van der Waals surface area contributed by atoms with Crippen molar-refractivity contribution in [2.75, 3.05) is 6.54 Å². The van der Waals surface area contributed by atoms with Gasteiger partial charge >= 0.3 is 0 Å². The Morgan fingerprint density at radius 1 is 1.04 bits per heavy atom. The summed E-state index contributed by atoms with van der Waals surface area (Å²) in [4.78, 5) is 15.1. The van der Waals surface area contributed by atoms with Crippen LogP contribution in [0.2, 0.25) is 0 Å². The minimum atomic E-state index is -0.00249. The molecule has 0 saturated carbocycles. The van der Waals surface area contributed by atoms with E-state index in [0.29, 0.717) is 12.2 Å². The van der Waals surface area contributed by atoms with Crippen LogP contribution in [-0.4, -0.2) is 17.2 Å². The maximum atomic E-state index is 12.7. The number of hydrogen-bond acceptors (Lipinski definition) is 2. The number of carbonyl (C=O) groups excluding carboxylic acids is 1. The molecule has 0 aliphatic carbocycles. The first-order chi connectivity index (χ1) is 11.2. The number of rotatable bonds is 4. The summed E-state index contributed by atoms with van der Waals surface area (Å²) < 4.78 is 0. The van der Waals surface area contributed by atoms with E-state index in [2.05, 4.69) is 42.7 Å². The summed E-state index contributed by atoms with van der Waals surface area (Å²) in [6, 6.07) is 20.9. The molecule has 2 heteroatoms. The van der Waals surface area contributed by atoms with Crippen molar-refractivity contribution in [3.05, 3.63) is 84.4 Å². The van der Waals surface area contributed by atoms with Gasteiger partial charge in [-0.05, 0) is 11.1 Å². The smallest absolute Gasteiger partial charge is 0.139 e. The summed E-state index contributed by atoms with van der Waals surface area (Å²) >= 11 is 0. The molecule has 1 saturated heterocycles. The summed E-state index contributed by atoms with van der Waals surface area (Å²) in [5.74, 6) is 0.338. The van der Waals surface area contributed by atoms with Crippen molar-refractivity contribution in [1.82, 2.24) is 4.90 Å². The molecule has 0 spiro atoms. The van der Waals surface area contributed by atoms with Crippen LogP contribution in [-0.2, 0) is 4.79 Å². The molecule has 0 aromatic heterocycles. The van der Waals surface area contributed by atoms with Crippen LogP contribution in [0.4, 0.5) is 0 Å². The second-order valence-electron chi connectivity index (χ2n) is 6.23. The molecule has 0 amide bonds. The molecule has 1 heterocycles. The zero-order valence-electron chi connectivity index (χ0n) is 13.6. The summed E-state index contributed by atoms with van der Waals surface area (Å²) in [6.07, 6.45) is 2.51. The molecule has 0 N–H and O–H groups in total. The molecule has 118 valence electrons. The monoisotopic (exact) mass is 305 g/mol. The van der Waals surface area contributed by atoms with E-state index in [1.807, 2.05) is 42.5 Å². The SMILES string of the molecule is C=CCN1[C@H](c2ccccc2)CC(=O)[C@@H](C)[C@@H]1c1ccccc1. The lowest BCUT2D eigenvalue weighted by molar-refractivity contribution is -0.131. The molecular weight excluding hydrogens is 282 g/mol. The maximum absolute atomic E-state index is 12.7. The van der Waals surface area contributed by atoms with Gasteiger partial charge in [-0.25, -0.2) is 0 Å². The van der Waals surface area contributed by atoms with Crippen molar-refractivity contribution in [1.29, 1.82) is 0 Å². The van der Waals surface area contributed by atoms with Crippen LogP contribution in [0.25, 0.3) is 0 Å². The van der Waals surface area contributed by atoms with E-state index in [-0.39, 0.29) is 18.0 Å². The minimum absolute atomic E-state index is 0.00249. The molecule has 0 radical (unpaired) electrons. The molecule has 2 nitrogen and oxygen atoms in total. The minimum Gasteiger partial charge on any atom is -0.299 e. The van der Waals surface area contributed by atoms with Crippen LogP contribution in [0, 0.1) is 5.92 Å². The highest BCUT2D eigenvalue weighted by atomic mass is 16.1. The predicted octanol–water partition coefficient (Wildman–Crippen LogP) is 4.57. The number of piperidine rings is 1. The van der Waals surface area contributed by atoms with Gasteiger partial charge in [-0.2, -0.15) is 0 Å². The van der Waals surface area contributed by atoms with Gasteiger partial charge < -0.3 is 0 Å². The zero-order valence-corrected chi connectivity index (χ0v) is 13.6. The van der Waals surface area contributed by atoms with E-state index in [9.17, 15) is 4.79 Å². The van der Waals surface area contributed by atoms with Gasteiger partial charge in [0, 0.05) is 31.0 Å². The van der Waals surface area contributed by atoms with Crippen LogP contribution in [0.3, 0.4) is 0 Å². The van der Waals surface area contributed by atoms with E-state index in [1.165, 1.54) is 11.1 Å². The Kier molecular flexibility index (Phi) is 4.73. The fraction of sp³-hybridized carbons (Fsp3) is 0.286. The number of benzene rings is 2. The van der Waals surface area contributed by atoms with Crippen LogP contribution in [0.15, 0.2) is 73.3 Å². The normalized spacial score (nSPS) is 25.3. The molecule has 0 bridgehead atoms. The highest BCUT2D eigenvalue weighted by Gasteiger charge is 2.40. The second-order valence-corrected chi connectivity index (χ2v) is 6.23. The lowest BCUT2D eigenvalue weighted by atomic mass is 9.80. The Morgan fingerprint density at radius 2 is 1.61 bits per heavy atom. The van der Waals surface area contributed by atoms with Gasteiger partial charge in [0.25, 0.3) is 0 Å². The Balaban J connectivity index is 2.04. The lowest BCUT2D eigenvalue weighted by Gasteiger charge is -2.44. The van der Waals surface area contributed by atoms with E-state index < -0.39 is 0 Å². The fourth-order valence-electron chi connectivity index (χ4n) is 3.66. The highest BCUT2D eigenvalue weighted by Crippen LogP contribution is 2.42. The van der Waals surface area contributed by atoms with Crippen molar-refractivity contribution in [2.45, 2.75) is 25.4 Å². The molecule has 3 rings (SSSR count). The maximum Gasteiger partial charge on any atom is 0.139 e. The molecule has 0 unspecified atom stereocenters. The molecule has 2 aromatic rings. The topological polar surface area (TPSA) is 20.3 Å². The third-order valence-electron chi connectivity index (χ3n) is 4.80. The van der Waals surface area contributed by atoms with Gasteiger partial charge in [-0.1, -0.05) is 73.7 Å². The Bertz CT molecular complexity index is 665. The van der Waals surface area contributed by atoms with Crippen LogP contribution in [0.5, 0.6) is 0 Å². The van der Waals surface area contributed by atoms with Gasteiger partial charge in [-0.15, -0.1) is 6.58 Å². The zero-order chi connectivity index (χ0) is 16.2. The number of likely N-dealkylation sites (tertiary alicyclic amines) is 1. The molecule has 1 aliphatic rings. The quantitative estimate of drug-likeness (QED) is 0.771. The van der Waals surface area contributed by atoms with Crippen LogP contribution < -0.4 is 0 Å². The Labute approximate surface area is 138 Å². The first-order valence-electron chi connectivity index (χ1n) is 8.21. The molecule has 23 heavy (non-hydrogen) atoms. The number of Topliss-reactive ketones (excluding diaryl/α,β-unsaturated/α-hetero) is 1. The molecular formula is C21H23NO. The first-order valence-corrected chi connectivity index (χ1v) is 8.21. The molecule has 3 atom stereocenters. The highest BCUT2D eigenvalue weighted by molar-refractivity contribution is 5.83. The van der Waals surface area contributed by atoms with Gasteiger partial charge in [0.15, 0.2) is 0 Å². The van der Waals surface area contributed by atoms with E-state index in [4.69, 9.17) is 0 Å². The molecule has 1 fully saturated rings. The van der Waals surface area contributed by atoms with Gasteiger partial charge in [0.1, 0.15) is 5.78 Å². The summed E-state index contributed by atoms with van der Waals surface area (Å²) in [6.45, 7) is 6.76. The second kappa shape index (κ2) is 6.93. The van der Waals surface area contributed by atoms with Crippen molar-refractivity contribution < 1.29 is 4.79 Å². The summed E-state index contributed by atoms with van der Waals surface area (Å²) in [5.41, 5.74) is 2.41. The average Bonchev–Trinajstić information content (AvgIpc) is 2.60. The van der Waals surface area contributed by atoms with Crippen molar-refractivity contribution in [3.8, 4) is 0 Å². The number of hydrogen-bond donors (Lipinski definition) is 0. The summed E-state index contributed by atoms with van der Waals surface area (Å²) in [5, 5.41) is 0. The number of nitrogens with zero attached hydrogens (tertiary/aromatic N) is 1. The van der Waals surface area contributed by atoms with E-state index in [0.717, 1.165) is 6.54 Å². The largest absolute Gasteiger partial charge is 0.299 e. The van der Waals surface area contributed by atoms with E-state index >= 15 is 0 Å². The van der Waals surface area contributed by atoms with Gasteiger partial charge in [0.2, 0.25) is 0 Å². The average molecular weight is 305 g/mol. The standard InChI is InChI=1S/C21H23NO/c1-3-14-22-19(17-10-6-4-7-11-17)15-20(23)16(2)21(22)18-12-8-5-9-13-18/h3-13,16,19,21H,1,14-15H2,2H3/t16-,19+,21-/m1/s1. The Morgan fingerprint density at radius 3 is 2.17 bits per heavy atom. The molecule has 2 aromatic carbocycles. The van der Waals surface area contributed by atoms with Crippen molar-refractivity contribution >= 4 is 5.78 Å². The number of ketones is 1. The van der Waals surface area contributed by atoms with Crippen LogP contribution >= 0.6 is 0 Å². The molecule has 1 aliphatic heterocycles. The lowest BCUT2D eigenvalue weighted by Crippen LogP contribution is -2.44. The predicted molar refractivity (Wildman–Crippen MR) is 94.1 cm³/mol. The van der Waals surface area contributed by atoms with Gasteiger partial charge in [0.05, 0.1) is 0 Å². The fourth-order valence-corrected chi connectivity index (χ4v) is 3.66. The van der Waals surface area contributed by atoms with Crippen LogP contribution in [0.1, 0.15) is 36.6 Å². The number of carbonyl (C=O) groups is 1. The van der Waals surface area contributed by atoms with E-state index in [1.54, 1.807) is 0 Å².